The van der Waals surface area contributed by atoms with Crippen molar-refractivity contribution >= 4 is 11.8 Å². The number of rotatable bonds is 5. The minimum Gasteiger partial charge on any atom is -0.462 e. The number of nitrogens with zero attached hydrogens (tertiary/aromatic N) is 2. The number of hydrogen-bond donors (Lipinski definition) is 1. The molecule has 1 aliphatic carbocycles. The van der Waals surface area contributed by atoms with Gasteiger partial charge in [-0.15, -0.1) is 0 Å². The summed E-state index contributed by atoms with van der Waals surface area (Å²) in [5, 5.41) is 0. The molecule has 2 rings (SSSR count). The molecule has 1 aromatic heterocycles. The molecular formula is C12H17N3O3. The molecule has 6 heteroatoms. The van der Waals surface area contributed by atoms with Gasteiger partial charge in [0.05, 0.1) is 6.61 Å². The molecule has 2 N–H and O–H groups in total. The summed E-state index contributed by atoms with van der Waals surface area (Å²) in [7, 11) is 1.63. The summed E-state index contributed by atoms with van der Waals surface area (Å²) in [6.45, 7) is 2.03. The van der Waals surface area contributed by atoms with Crippen molar-refractivity contribution in [3.05, 3.63) is 17.6 Å². The summed E-state index contributed by atoms with van der Waals surface area (Å²) in [4.78, 5) is 19.9. The predicted molar refractivity (Wildman–Crippen MR) is 64.9 cm³/mol. The van der Waals surface area contributed by atoms with Gasteiger partial charge in [0.25, 0.3) is 0 Å². The lowest BCUT2D eigenvalue weighted by atomic mass is 10.2. The van der Waals surface area contributed by atoms with Crippen LogP contribution in [0.5, 0.6) is 0 Å². The Morgan fingerprint density at radius 3 is 2.83 bits per heavy atom. The first-order valence-corrected chi connectivity index (χ1v) is 5.99. The molecule has 0 aliphatic heterocycles. The molecule has 18 heavy (non-hydrogen) atoms. The van der Waals surface area contributed by atoms with Gasteiger partial charge in [-0.3, -0.25) is 0 Å². The summed E-state index contributed by atoms with van der Waals surface area (Å²) in [5.41, 5.74) is 5.96. The molecule has 0 amide bonds. The maximum Gasteiger partial charge on any atom is 0.343 e. The van der Waals surface area contributed by atoms with E-state index in [1.165, 1.54) is 6.20 Å². The predicted octanol–water partition coefficient (Wildman–Crippen LogP) is 1.33. The highest BCUT2D eigenvalue weighted by atomic mass is 16.5. The third-order valence-corrected chi connectivity index (χ3v) is 2.89. The van der Waals surface area contributed by atoms with Crippen molar-refractivity contribution in [2.24, 2.45) is 5.92 Å². The number of ether oxygens (including phenoxy) is 2. The molecule has 1 fully saturated rings. The fraction of sp³-hybridized carbons (Fsp3) is 0.583. The van der Waals surface area contributed by atoms with E-state index in [9.17, 15) is 4.79 Å². The van der Waals surface area contributed by atoms with E-state index < -0.39 is 5.97 Å². The highest BCUT2D eigenvalue weighted by Gasteiger charge is 2.34. The SMILES string of the molecule is CCOC(=O)c1cnc(C(OC)C2CC2)nc1N. The molecule has 1 aliphatic rings. The van der Waals surface area contributed by atoms with Gasteiger partial charge in [0.15, 0.2) is 5.82 Å². The van der Waals surface area contributed by atoms with E-state index in [1.807, 2.05) is 0 Å². The molecule has 0 bridgehead atoms. The van der Waals surface area contributed by atoms with Gasteiger partial charge in [-0.2, -0.15) is 0 Å². The molecule has 98 valence electrons. The largest absolute Gasteiger partial charge is 0.462 e. The van der Waals surface area contributed by atoms with Gasteiger partial charge in [0.2, 0.25) is 0 Å². The zero-order chi connectivity index (χ0) is 13.1. The number of esters is 1. The van der Waals surface area contributed by atoms with E-state index in [4.69, 9.17) is 15.2 Å². The second kappa shape index (κ2) is 5.30. The van der Waals surface area contributed by atoms with Crippen LogP contribution in [0.1, 0.15) is 42.1 Å². The van der Waals surface area contributed by atoms with E-state index in [0.717, 1.165) is 12.8 Å². The first-order valence-electron chi connectivity index (χ1n) is 5.99. The van der Waals surface area contributed by atoms with Gasteiger partial charge in [0.1, 0.15) is 17.5 Å². The normalized spacial score (nSPS) is 16.3. The summed E-state index contributed by atoms with van der Waals surface area (Å²) in [6, 6.07) is 0. The Morgan fingerprint density at radius 2 is 2.33 bits per heavy atom. The fourth-order valence-corrected chi connectivity index (χ4v) is 1.82. The average Bonchev–Trinajstić information content (AvgIpc) is 3.15. The second-order valence-corrected chi connectivity index (χ2v) is 4.24. The van der Waals surface area contributed by atoms with Crippen LogP contribution >= 0.6 is 0 Å². The van der Waals surface area contributed by atoms with Gasteiger partial charge >= 0.3 is 5.97 Å². The molecule has 0 aromatic carbocycles. The maximum absolute atomic E-state index is 11.5. The molecule has 1 saturated carbocycles. The Bertz CT molecular complexity index is 446. The number of methoxy groups -OCH3 is 1. The Kier molecular flexibility index (Phi) is 3.76. The van der Waals surface area contributed by atoms with Crippen molar-refractivity contribution in [2.75, 3.05) is 19.5 Å². The van der Waals surface area contributed by atoms with Crippen LogP contribution in [0.4, 0.5) is 5.82 Å². The quantitative estimate of drug-likeness (QED) is 0.794. The lowest BCUT2D eigenvalue weighted by Crippen LogP contribution is -2.15. The summed E-state index contributed by atoms with van der Waals surface area (Å²) in [6.07, 6.45) is 3.50. The van der Waals surface area contributed by atoms with E-state index in [2.05, 4.69) is 9.97 Å². The van der Waals surface area contributed by atoms with Crippen LogP contribution in [0.15, 0.2) is 6.20 Å². The van der Waals surface area contributed by atoms with Crippen LogP contribution in [0, 0.1) is 5.92 Å². The fourth-order valence-electron chi connectivity index (χ4n) is 1.82. The highest BCUT2D eigenvalue weighted by molar-refractivity contribution is 5.93. The van der Waals surface area contributed by atoms with Crippen LogP contribution in [-0.2, 0) is 9.47 Å². The Balaban J connectivity index is 2.20. The number of nitrogens with two attached hydrogens (primary N) is 1. The number of carbonyl (C=O) groups excluding carboxylic acids is 1. The van der Waals surface area contributed by atoms with Crippen molar-refractivity contribution in [1.82, 2.24) is 9.97 Å². The topological polar surface area (TPSA) is 87.3 Å². The monoisotopic (exact) mass is 251 g/mol. The van der Waals surface area contributed by atoms with Gasteiger partial charge in [-0.25, -0.2) is 14.8 Å². The molecule has 0 radical (unpaired) electrons. The number of carbonyl (C=O) groups is 1. The Hall–Kier alpha value is -1.69. The minimum absolute atomic E-state index is 0.136. The Labute approximate surface area is 106 Å². The first-order chi connectivity index (χ1) is 8.67. The molecule has 1 aromatic rings. The first kappa shape index (κ1) is 12.8. The van der Waals surface area contributed by atoms with Crippen molar-refractivity contribution in [2.45, 2.75) is 25.9 Å². The zero-order valence-electron chi connectivity index (χ0n) is 10.5. The molecule has 1 atom stereocenters. The lowest BCUT2D eigenvalue weighted by molar-refractivity contribution is 0.0525. The molecule has 0 saturated heterocycles. The van der Waals surface area contributed by atoms with Crippen LogP contribution in [0.3, 0.4) is 0 Å². The molecular weight excluding hydrogens is 234 g/mol. The second-order valence-electron chi connectivity index (χ2n) is 4.24. The van der Waals surface area contributed by atoms with Crippen LogP contribution in [0.25, 0.3) is 0 Å². The van der Waals surface area contributed by atoms with Crippen molar-refractivity contribution in [1.29, 1.82) is 0 Å². The lowest BCUT2D eigenvalue weighted by Gasteiger charge is -2.13. The van der Waals surface area contributed by atoms with Crippen LogP contribution in [0.2, 0.25) is 0 Å². The molecule has 1 unspecified atom stereocenters. The van der Waals surface area contributed by atoms with Crippen LogP contribution < -0.4 is 5.73 Å². The number of aromatic nitrogens is 2. The van der Waals surface area contributed by atoms with E-state index >= 15 is 0 Å². The van der Waals surface area contributed by atoms with Gasteiger partial charge < -0.3 is 15.2 Å². The van der Waals surface area contributed by atoms with Crippen LogP contribution in [-0.4, -0.2) is 29.7 Å². The van der Waals surface area contributed by atoms with Crippen molar-refractivity contribution in [3.63, 3.8) is 0 Å². The highest BCUT2D eigenvalue weighted by Crippen LogP contribution is 2.41. The van der Waals surface area contributed by atoms with E-state index in [1.54, 1.807) is 14.0 Å². The van der Waals surface area contributed by atoms with Gasteiger partial charge in [-0.05, 0) is 25.7 Å². The zero-order valence-corrected chi connectivity index (χ0v) is 10.5. The Morgan fingerprint density at radius 1 is 1.61 bits per heavy atom. The minimum atomic E-state index is -0.498. The third kappa shape index (κ3) is 2.59. The standard InChI is InChI=1S/C12H17N3O3/c1-3-18-12(16)8-6-14-11(15-10(8)13)9(17-2)7-4-5-7/h6-7,9H,3-5H2,1-2H3,(H2,13,14,15). The van der Waals surface area contributed by atoms with Gasteiger partial charge in [0, 0.05) is 13.3 Å². The number of hydrogen-bond acceptors (Lipinski definition) is 6. The molecule has 6 nitrogen and oxygen atoms in total. The van der Waals surface area contributed by atoms with Crippen molar-refractivity contribution in [3.8, 4) is 0 Å². The molecule has 0 spiro atoms. The van der Waals surface area contributed by atoms with E-state index in [0.29, 0.717) is 18.3 Å². The smallest absolute Gasteiger partial charge is 0.343 e. The summed E-state index contributed by atoms with van der Waals surface area (Å²) in [5.74, 6) is 0.636. The maximum atomic E-state index is 11.5. The van der Waals surface area contributed by atoms with E-state index in [-0.39, 0.29) is 17.5 Å². The molecule has 1 heterocycles. The number of anilines is 1. The number of nitrogen functional groups attached to an aromatic ring is 1. The third-order valence-electron chi connectivity index (χ3n) is 2.89. The average molecular weight is 251 g/mol. The van der Waals surface area contributed by atoms with Gasteiger partial charge in [-0.1, -0.05) is 0 Å². The van der Waals surface area contributed by atoms with Crippen molar-refractivity contribution < 1.29 is 14.3 Å². The summed E-state index contributed by atoms with van der Waals surface area (Å²) >= 11 is 0. The summed E-state index contributed by atoms with van der Waals surface area (Å²) < 4.78 is 10.2.